The standard InChI is InChI=1S/C20H24N4O.C2H6OS/c1-12(2)23-14-8-6-7-13(9-14)16-11-22-19-17(24-16)15(10-21-19)18(25)20(3,4)5;1-4(2)3/h6-12,23H,1-5H3,(H,21,22);1-2H3. The quantitative estimate of drug-likeness (QED) is 0.478. The summed E-state index contributed by atoms with van der Waals surface area (Å²) in [6.45, 7) is 9.93. The number of hydrogen-bond acceptors (Lipinski definition) is 5. The molecule has 2 N–H and O–H groups in total. The van der Waals surface area contributed by atoms with Crippen molar-refractivity contribution in [3.63, 3.8) is 0 Å². The molecular formula is C22H30N4O2S. The molecule has 2 aromatic heterocycles. The van der Waals surface area contributed by atoms with Crippen molar-refractivity contribution >= 4 is 33.8 Å². The Morgan fingerprint density at radius 3 is 2.48 bits per heavy atom. The number of nitrogens with zero attached hydrogens (tertiary/aromatic N) is 2. The summed E-state index contributed by atoms with van der Waals surface area (Å²) < 4.78 is 9.56. The molecule has 7 heteroatoms. The molecule has 156 valence electrons. The molecule has 6 nitrogen and oxygen atoms in total. The van der Waals surface area contributed by atoms with Crippen LogP contribution in [0.15, 0.2) is 36.7 Å². The highest BCUT2D eigenvalue weighted by Gasteiger charge is 2.26. The molecule has 0 saturated carbocycles. The van der Waals surface area contributed by atoms with E-state index >= 15 is 0 Å². The first-order chi connectivity index (χ1) is 13.5. The number of carbonyl (C=O) groups is 1. The van der Waals surface area contributed by atoms with Gasteiger partial charge in [-0.1, -0.05) is 44.1 Å². The summed E-state index contributed by atoms with van der Waals surface area (Å²) in [5.74, 6) is 0.0559. The van der Waals surface area contributed by atoms with E-state index in [1.54, 1.807) is 24.9 Å². The van der Waals surface area contributed by atoms with Gasteiger partial charge in [0.05, 0.1) is 30.0 Å². The number of benzene rings is 1. The maximum atomic E-state index is 12.7. The molecule has 0 amide bonds. The lowest BCUT2D eigenvalue weighted by Gasteiger charge is -2.15. The van der Waals surface area contributed by atoms with E-state index in [0.717, 1.165) is 16.9 Å². The molecule has 0 aliphatic rings. The maximum Gasteiger partial charge on any atom is 0.171 e. The largest absolute Gasteiger partial charge is 0.617 e. The number of carbonyl (C=O) groups excluding carboxylic acids is 1. The molecule has 0 radical (unpaired) electrons. The van der Waals surface area contributed by atoms with Crippen LogP contribution < -0.4 is 5.32 Å². The molecule has 0 bridgehead atoms. The first kappa shape index (κ1) is 22.9. The van der Waals surface area contributed by atoms with Crippen LogP contribution in [0.5, 0.6) is 0 Å². The minimum absolute atomic E-state index is 0.0559. The Morgan fingerprint density at radius 1 is 1.24 bits per heavy atom. The van der Waals surface area contributed by atoms with Crippen LogP contribution in [0, 0.1) is 5.41 Å². The molecule has 2 heterocycles. The van der Waals surface area contributed by atoms with Crippen molar-refractivity contribution in [3.8, 4) is 11.3 Å². The molecule has 0 atom stereocenters. The predicted octanol–water partition coefficient (Wildman–Crippen LogP) is 4.67. The van der Waals surface area contributed by atoms with Gasteiger partial charge < -0.3 is 14.9 Å². The summed E-state index contributed by atoms with van der Waals surface area (Å²) in [5.41, 5.74) is 4.14. The van der Waals surface area contributed by atoms with Crippen molar-refractivity contribution < 1.29 is 9.35 Å². The van der Waals surface area contributed by atoms with Gasteiger partial charge in [0.15, 0.2) is 11.4 Å². The number of anilines is 1. The van der Waals surface area contributed by atoms with Crippen molar-refractivity contribution in [2.45, 2.75) is 40.7 Å². The third-order valence-corrected chi connectivity index (χ3v) is 3.92. The topological polar surface area (TPSA) is 93.7 Å². The monoisotopic (exact) mass is 414 g/mol. The number of fused-ring (bicyclic) bond motifs is 1. The van der Waals surface area contributed by atoms with Gasteiger partial charge in [-0.2, -0.15) is 0 Å². The minimum Gasteiger partial charge on any atom is -0.617 e. The molecule has 3 aromatic rings. The van der Waals surface area contributed by atoms with Crippen molar-refractivity contribution in [2.75, 3.05) is 17.8 Å². The van der Waals surface area contributed by atoms with E-state index in [4.69, 9.17) is 4.98 Å². The van der Waals surface area contributed by atoms with Crippen LogP contribution in [-0.4, -0.2) is 43.8 Å². The lowest BCUT2D eigenvalue weighted by atomic mass is 9.87. The first-order valence-electron chi connectivity index (χ1n) is 9.50. The zero-order chi connectivity index (χ0) is 21.8. The van der Waals surface area contributed by atoms with Gasteiger partial charge in [-0.3, -0.25) is 4.79 Å². The first-order valence-corrected chi connectivity index (χ1v) is 11.5. The summed E-state index contributed by atoms with van der Waals surface area (Å²) in [6, 6.07) is 8.42. The summed E-state index contributed by atoms with van der Waals surface area (Å²) >= 11 is -0.611. The second-order valence-electron chi connectivity index (χ2n) is 8.36. The number of aromatic amines is 1. The zero-order valence-electron chi connectivity index (χ0n) is 18.2. The van der Waals surface area contributed by atoms with Crippen molar-refractivity contribution in [2.24, 2.45) is 5.41 Å². The number of rotatable bonds is 4. The summed E-state index contributed by atoms with van der Waals surface area (Å²) in [4.78, 5) is 24.9. The molecule has 0 spiro atoms. The van der Waals surface area contributed by atoms with E-state index in [0.29, 0.717) is 22.8 Å². The zero-order valence-corrected chi connectivity index (χ0v) is 19.0. The Morgan fingerprint density at radius 2 is 1.90 bits per heavy atom. The van der Waals surface area contributed by atoms with E-state index in [2.05, 4.69) is 29.1 Å². The van der Waals surface area contributed by atoms with Crippen LogP contribution >= 0.6 is 0 Å². The fourth-order valence-electron chi connectivity index (χ4n) is 2.71. The van der Waals surface area contributed by atoms with Crippen molar-refractivity contribution in [3.05, 3.63) is 42.2 Å². The Hall–Kier alpha value is -2.38. The second-order valence-corrected chi connectivity index (χ2v) is 9.84. The average Bonchev–Trinajstić information content (AvgIpc) is 3.02. The number of Topliss-reactive ketones (excluding diaryl/α,β-unsaturated/α-hetero) is 1. The number of H-pyrrole nitrogens is 1. The van der Waals surface area contributed by atoms with Gasteiger partial charge in [-0.15, -0.1) is 0 Å². The molecule has 0 aliphatic heterocycles. The van der Waals surface area contributed by atoms with E-state index in [1.807, 2.05) is 45.0 Å². The molecule has 29 heavy (non-hydrogen) atoms. The Bertz CT molecular complexity index is 972. The molecular weight excluding hydrogens is 384 g/mol. The number of ketones is 1. The van der Waals surface area contributed by atoms with Crippen LogP contribution in [0.3, 0.4) is 0 Å². The maximum absolute atomic E-state index is 12.7. The molecule has 0 saturated heterocycles. The number of hydrogen-bond donors (Lipinski definition) is 2. The van der Waals surface area contributed by atoms with Gasteiger partial charge >= 0.3 is 0 Å². The third kappa shape index (κ3) is 6.30. The van der Waals surface area contributed by atoms with Gasteiger partial charge in [0.2, 0.25) is 0 Å². The number of nitrogens with one attached hydrogen (secondary N) is 2. The van der Waals surface area contributed by atoms with Gasteiger partial charge in [0.1, 0.15) is 5.52 Å². The average molecular weight is 415 g/mol. The van der Waals surface area contributed by atoms with E-state index in [9.17, 15) is 9.35 Å². The van der Waals surface area contributed by atoms with Crippen molar-refractivity contribution in [1.29, 1.82) is 0 Å². The van der Waals surface area contributed by atoms with Gasteiger partial charge in [-0.25, -0.2) is 9.97 Å². The molecule has 0 fully saturated rings. The Balaban J connectivity index is 0.000000687. The van der Waals surface area contributed by atoms with Gasteiger partial charge in [-0.05, 0) is 26.0 Å². The highest BCUT2D eigenvalue weighted by atomic mass is 32.2. The molecule has 0 aliphatic carbocycles. The normalized spacial score (nSPS) is 11.5. The lowest BCUT2D eigenvalue weighted by Crippen LogP contribution is -2.20. The fraction of sp³-hybridized carbons (Fsp3) is 0.409. The van der Waals surface area contributed by atoms with Crippen LogP contribution in [0.4, 0.5) is 5.69 Å². The highest BCUT2D eigenvalue weighted by Crippen LogP contribution is 2.27. The summed E-state index contributed by atoms with van der Waals surface area (Å²) in [7, 11) is 0. The van der Waals surface area contributed by atoms with Gasteiger partial charge in [0.25, 0.3) is 0 Å². The predicted molar refractivity (Wildman–Crippen MR) is 122 cm³/mol. The van der Waals surface area contributed by atoms with E-state index in [-0.39, 0.29) is 5.78 Å². The highest BCUT2D eigenvalue weighted by molar-refractivity contribution is 7.89. The van der Waals surface area contributed by atoms with E-state index in [1.165, 1.54) is 0 Å². The number of aromatic nitrogens is 3. The van der Waals surface area contributed by atoms with Gasteiger partial charge in [0, 0.05) is 28.9 Å². The smallest absolute Gasteiger partial charge is 0.171 e. The SMILES string of the molecule is CC(C)Nc1cccc(-c2cnc3[nH]cc(C(=O)C(C)(C)C)c3n2)c1.C[S+](C)[O-]. The molecule has 3 rings (SSSR count). The van der Waals surface area contributed by atoms with Crippen LogP contribution in [0.25, 0.3) is 22.4 Å². The van der Waals surface area contributed by atoms with Crippen molar-refractivity contribution in [1.82, 2.24) is 15.0 Å². The summed E-state index contributed by atoms with van der Waals surface area (Å²) in [6.07, 6.45) is 6.72. The minimum atomic E-state index is -0.611. The Kier molecular flexibility index (Phi) is 7.43. The summed E-state index contributed by atoms with van der Waals surface area (Å²) in [5, 5.41) is 3.39. The second kappa shape index (κ2) is 9.41. The Labute approximate surface area is 175 Å². The molecule has 0 unspecified atom stereocenters. The van der Waals surface area contributed by atoms with Crippen LogP contribution in [0.1, 0.15) is 45.0 Å². The van der Waals surface area contributed by atoms with Crippen LogP contribution in [-0.2, 0) is 11.2 Å². The molecule has 1 aromatic carbocycles. The van der Waals surface area contributed by atoms with E-state index < -0.39 is 16.6 Å². The third-order valence-electron chi connectivity index (χ3n) is 3.92. The van der Waals surface area contributed by atoms with Crippen LogP contribution in [0.2, 0.25) is 0 Å². The lowest BCUT2D eigenvalue weighted by molar-refractivity contribution is 0.0860. The fourth-order valence-corrected chi connectivity index (χ4v) is 2.71.